The fourth-order valence-corrected chi connectivity index (χ4v) is 4.35. The van der Waals surface area contributed by atoms with E-state index in [1.54, 1.807) is 0 Å². The van der Waals surface area contributed by atoms with Gasteiger partial charge in [-0.25, -0.2) is 8.42 Å². The van der Waals surface area contributed by atoms with Crippen LogP contribution in [0.2, 0.25) is 0 Å². The molecule has 0 aromatic heterocycles. The van der Waals surface area contributed by atoms with Crippen LogP contribution < -0.4 is 10.6 Å². The number of carbonyl (C=O) groups is 3. The van der Waals surface area contributed by atoms with Crippen LogP contribution in [0.25, 0.3) is 0 Å². The highest BCUT2D eigenvalue weighted by molar-refractivity contribution is 7.89. The zero-order valence-electron chi connectivity index (χ0n) is 17.5. The van der Waals surface area contributed by atoms with Crippen molar-refractivity contribution in [3.05, 3.63) is 24.3 Å². The monoisotopic (exact) mass is 438 g/mol. The van der Waals surface area contributed by atoms with Crippen LogP contribution in [0.3, 0.4) is 0 Å². The van der Waals surface area contributed by atoms with Gasteiger partial charge in [0.1, 0.15) is 0 Å². The molecule has 1 aromatic rings. The Balaban J connectivity index is 1.82. The molecule has 2 N–H and O–H groups in total. The van der Waals surface area contributed by atoms with E-state index in [9.17, 15) is 22.8 Å². The highest BCUT2D eigenvalue weighted by atomic mass is 32.2. The summed E-state index contributed by atoms with van der Waals surface area (Å²) in [5.41, 5.74) is 0.482. The van der Waals surface area contributed by atoms with Crippen molar-refractivity contribution in [2.75, 3.05) is 38.5 Å². The van der Waals surface area contributed by atoms with Crippen molar-refractivity contribution in [3.8, 4) is 0 Å². The van der Waals surface area contributed by atoms with Crippen LogP contribution in [0.4, 0.5) is 5.69 Å². The van der Waals surface area contributed by atoms with Gasteiger partial charge in [-0.1, -0.05) is 12.8 Å². The molecule has 1 saturated heterocycles. The molecule has 0 spiro atoms. The molecule has 1 aliphatic heterocycles. The van der Waals surface area contributed by atoms with E-state index >= 15 is 0 Å². The standard InChI is InChI=1S/C20H30N4O5S/c1-16(25)22-17-7-9-18(10-8-17)30(28,29)23(2)15-19(26)21-12-11-20(27)24-13-5-3-4-6-14-24/h7-10H,3-6,11-15H2,1-2H3,(H,21,26)(H,22,25). The fraction of sp³-hybridized carbons (Fsp3) is 0.550. The lowest BCUT2D eigenvalue weighted by atomic mass is 10.2. The summed E-state index contributed by atoms with van der Waals surface area (Å²) in [5, 5.41) is 5.18. The molecule has 9 nitrogen and oxygen atoms in total. The average Bonchev–Trinajstić information content (AvgIpc) is 2.97. The topological polar surface area (TPSA) is 116 Å². The van der Waals surface area contributed by atoms with Gasteiger partial charge in [0.25, 0.3) is 0 Å². The van der Waals surface area contributed by atoms with E-state index < -0.39 is 15.9 Å². The summed E-state index contributed by atoms with van der Waals surface area (Å²) in [6, 6.07) is 5.71. The predicted molar refractivity (Wildman–Crippen MR) is 113 cm³/mol. The first-order valence-corrected chi connectivity index (χ1v) is 11.5. The van der Waals surface area contributed by atoms with Gasteiger partial charge >= 0.3 is 0 Å². The quantitative estimate of drug-likeness (QED) is 0.632. The lowest BCUT2D eigenvalue weighted by molar-refractivity contribution is -0.131. The second-order valence-electron chi connectivity index (χ2n) is 7.36. The Kier molecular flexibility index (Phi) is 8.79. The summed E-state index contributed by atoms with van der Waals surface area (Å²) in [6.45, 7) is 2.70. The normalized spacial score (nSPS) is 14.8. The molecule has 10 heteroatoms. The number of nitrogens with one attached hydrogen (secondary N) is 2. The molecule has 1 aromatic carbocycles. The molecule has 0 aliphatic carbocycles. The number of sulfonamides is 1. The van der Waals surface area contributed by atoms with Gasteiger partial charge in [0.2, 0.25) is 27.7 Å². The van der Waals surface area contributed by atoms with Gasteiger partial charge in [0.15, 0.2) is 0 Å². The van der Waals surface area contributed by atoms with Crippen molar-refractivity contribution in [3.63, 3.8) is 0 Å². The lowest BCUT2D eigenvalue weighted by Crippen LogP contribution is -2.40. The third kappa shape index (κ3) is 7.10. The minimum atomic E-state index is -3.86. The highest BCUT2D eigenvalue weighted by Gasteiger charge is 2.23. The molecule has 30 heavy (non-hydrogen) atoms. The number of likely N-dealkylation sites (tertiary alicyclic amines) is 1. The van der Waals surface area contributed by atoms with Crippen LogP contribution in [0.15, 0.2) is 29.2 Å². The third-order valence-corrected chi connectivity index (χ3v) is 6.69. The van der Waals surface area contributed by atoms with Crippen molar-refractivity contribution in [1.29, 1.82) is 0 Å². The zero-order valence-corrected chi connectivity index (χ0v) is 18.3. The van der Waals surface area contributed by atoms with Gasteiger partial charge < -0.3 is 15.5 Å². The second-order valence-corrected chi connectivity index (χ2v) is 9.41. The van der Waals surface area contributed by atoms with E-state index in [0.717, 1.165) is 43.1 Å². The smallest absolute Gasteiger partial charge is 0.243 e. The molecule has 3 amide bonds. The Bertz CT molecular complexity index is 846. The van der Waals surface area contributed by atoms with E-state index in [4.69, 9.17) is 0 Å². The maximum Gasteiger partial charge on any atom is 0.243 e. The first-order chi connectivity index (χ1) is 14.2. The van der Waals surface area contributed by atoms with Crippen molar-refractivity contribution in [2.45, 2.75) is 43.9 Å². The molecule has 2 rings (SSSR count). The first-order valence-electron chi connectivity index (χ1n) is 10.1. The van der Waals surface area contributed by atoms with Crippen molar-refractivity contribution in [2.24, 2.45) is 0 Å². The molecule has 0 bridgehead atoms. The van der Waals surface area contributed by atoms with Gasteiger partial charge in [-0.05, 0) is 37.1 Å². The molecule has 1 heterocycles. The number of benzene rings is 1. The fourth-order valence-electron chi connectivity index (χ4n) is 3.22. The van der Waals surface area contributed by atoms with Crippen molar-refractivity contribution < 1.29 is 22.8 Å². The maximum atomic E-state index is 12.6. The number of amides is 3. The minimum absolute atomic E-state index is 0.0115. The second kappa shape index (κ2) is 11.1. The number of carbonyl (C=O) groups excluding carboxylic acids is 3. The van der Waals surface area contributed by atoms with Gasteiger partial charge in [-0.15, -0.1) is 0 Å². The summed E-state index contributed by atoms with van der Waals surface area (Å²) in [4.78, 5) is 37.3. The van der Waals surface area contributed by atoms with E-state index in [1.165, 1.54) is 38.2 Å². The summed E-state index contributed by atoms with van der Waals surface area (Å²) < 4.78 is 26.2. The van der Waals surface area contributed by atoms with Crippen LogP contribution >= 0.6 is 0 Å². The van der Waals surface area contributed by atoms with Crippen LogP contribution in [0.5, 0.6) is 0 Å². The number of likely N-dealkylation sites (N-methyl/N-ethyl adjacent to an activating group) is 1. The molecule has 1 aliphatic rings. The molecule has 0 saturated carbocycles. The van der Waals surface area contributed by atoms with Crippen molar-refractivity contribution in [1.82, 2.24) is 14.5 Å². The summed E-state index contributed by atoms with van der Waals surface area (Å²) >= 11 is 0. The Morgan fingerprint density at radius 3 is 2.20 bits per heavy atom. The van der Waals surface area contributed by atoms with E-state index in [1.807, 2.05) is 4.90 Å². The minimum Gasteiger partial charge on any atom is -0.354 e. The molecule has 1 fully saturated rings. The Labute approximate surface area is 177 Å². The highest BCUT2D eigenvalue weighted by Crippen LogP contribution is 2.17. The molecular weight excluding hydrogens is 408 g/mol. The Hall–Kier alpha value is -2.46. The number of rotatable bonds is 8. The van der Waals surface area contributed by atoms with Gasteiger partial charge in [0, 0.05) is 45.7 Å². The van der Waals surface area contributed by atoms with E-state index in [0.29, 0.717) is 5.69 Å². The summed E-state index contributed by atoms with van der Waals surface area (Å²) in [5.74, 6) is -0.717. The number of hydrogen-bond donors (Lipinski definition) is 2. The summed E-state index contributed by atoms with van der Waals surface area (Å²) in [7, 11) is -2.54. The van der Waals surface area contributed by atoms with Gasteiger partial charge in [0.05, 0.1) is 11.4 Å². The molecular formula is C20H30N4O5S. The average molecular weight is 439 g/mol. The molecule has 0 radical (unpaired) electrons. The van der Waals surface area contributed by atoms with E-state index in [2.05, 4.69) is 10.6 Å². The van der Waals surface area contributed by atoms with Crippen LogP contribution in [0.1, 0.15) is 39.0 Å². The number of anilines is 1. The summed E-state index contributed by atoms with van der Waals surface area (Å²) in [6.07, 6.45) is 4.49. The number of nitrogens with zero attached hydrogens (tertiary/aromatic N) is 2. The van der Waals surface area contributed by atoms with Crippen LogP contribution in [-0.2, 0) is 24.4 Å². The van der Waals surface area contributed by atoms with Crippen LogP contribution in [0, 0.1) is 0 Å². The largest absolute Gasteiger partial charge is 0.354 e. The SMILES string of the molecule is CC(=O)Nc1ccc(S(=O)(=O)N(C)CC(=O)NCCC(=O)N2CCCCCC2)cc1. The third-order valence-electron chi connectivity index (χ3n) is 4.87. The van der Waals surface area contributed by atoms with Gasteiger partial charge in [-0.2, -0.15) is 4.31 Å². The Morgan fingerprint density at radius 1 is 1.03 bits per heavy atom. The van der Waals surface area contributed by atoms with Crippen molar-refractivity contribution >= 4 is 33.4 Å². The predicted octanol–water partition coefficient (Wildman–Crippen LogP) is 1.17. The molecule has 0 unspecified atom stereocenters. The Morgan fingerprint density at radius 2 is 1.63 bits per heavy atom. The van der Waals surface area contributed by atoms with E-state index in [-0.39, 0.29) is 36.2 Å². The first kappa shape index (κ1) is 23.8. The molecule has 166 valence electrons. The maximum absolute atomic E-state index is 12.6. The van der Waals surface area contributed by atoms with Crippen LogP contribution in [-0.4, -0.2) is 68.6 Å². The zero-order chi connectivity index (χ0) is 22.1. The molecule has 0 atom stereocenters. The lowest BCUT2D eigenvalue weighted by Gasteiger charge is -2.20. The number of hydrogen-bond acceptors (Lipinski definition) is 5. The van der Waals surface area contributed by atoms with Gasteiger partial charge in [-0.3, -0.25) is 14.4 Å².